The molecule has 1 unspecified atom stereocenters. The molecule has 0 radical (unpaired) electrons. The van der Waals surface area contributed by atoms with Crippen molar-refractivity contribution in [1.29, 1.82) is 0 Å². The second-order valence-corrected chi connectivity index (χ2v) is 9.70. The normalized spacial score (nSPS) is 19.4. The molecular weight excluding hydrogens is 458 g/mol. The van der Waals surface area contributed by atoms with Crippen LogP contribution < -0.4 is 0 Å². The maximum atomic E-state index is 13.5. The van der Waals surface area contributed by atoms with Crippen molar-refractivity contribution in [2.75, 3.05) is 19.7 Å². The molecule has 1 amide bonds. The molecule has 0 N–H and O–H groups in total. The Morgan fingerprint density at radius 2 is 1.77 bits per heavy atom. The number of aliphatic imine (C=N–C) groups is 1. The quantitative estimate of drug-likeness (QED) is 0.519. The number of hydrogen-bond acceptors (Lipinski definition) is 6. The average molecular weight is 488 g/mol. The third kappa shape index (κ3) is 4.52. The van der Waals surface area contributed by atoms with E-state index in [0.717, 1.165) is 53.5 Å². The van der Waals surface area contributed by atoms with Crippen LogP contribution in [0.15, 0.2) is 76.3 Å². The highest BCUT2D eigenvalue weighted by Crippen LogP contribution is 2.47. The standard InChI is InChI=1S/C28H29N3O3S/c1-3-34-27(33)24-25(20-12-5-4-6-13-20)29-28-31(26(24)22-14-8-7-11-19(22)2)21(18-35-28)17-23(32)30-15-9-10-16-30/h4-8,11-14,18,26H,3,9-10,15-17H2,1-2H3. The molecule has 0 saturated carbocycles. The second-order valence-electron chi connectivity index (χ2n) is 8.86. The Kier molecular flexibility index (Phi) is 6.77. The zero-order chi connectivity index (χ0) is 24.4. The van der Waals surface area contributed by atoms with Crippen molar-refractivity contribution in [2.24, 2.45) is 4.99 Å². The van der Waals surface area contributed by atoms with E-state index in [1.54, 1.807) is 0 Å². The lowest BCUT2D eigenvalue weighted by Crippen LogP contribution is -2.38. The van der Waals surface area contributed by atoms with Crippen molar-refractivity contribution in [3.8, 4) is 0 Å². The van der Waals surface area contributed by atoms with Gasteiger partial charge in [0, 0.05) is 24.4 Å². The van der Waals surface area contributed by atoms with Crippen LogP contribution in [-0.4, -0.2) is 46.5 Å². The number of carbonyl (C=O) groups is 2. The molecule has 2 aromatic carbocycles. The van der Waals surface area contributed by atoms with Crippen LogP contribution in [0.5, 0.6) is 0 Å². The van der Waals surface area contributed by atoms with Crippen LogP contribution >= 0.6 is 11.8 Å². The Labute approximate surface area is 210 Å². The van der Waals surface area contributed by atoms with Gasteiger partial charge < -0.3 is 14.5 Å². The van der Waals surface area contributed by atoms with Gasteiger partial charge in [0.25, 0.3) is 0 Å². The minimum atomic E-state index is -0.439. The number of thioether (sulfide) groups is 1. The second kappa shape index (κ2) is 10.1. The van der Waals surface area contributed by atoms with E-state index in [4.69, 9.17) is 9.73 Å². The molecule has 3 aliphatic rings. The average Bonchev–Trinajstić information content (AvgIpc) is 3.55. The Hall–Kier alpha value is -3.32. The van der Waals surface area contributed by atoms with Gasteiger partial charge in [-0.05, 0) is 43.2 Å². The minimum Gasteiger partial charge on any atom is -0.463 e. The molecule has 0 aromatic heterocycles. The minimum absolute atomic E-state index is 0.120. The number of ether oxygens (including phenoxy) is 1. The van der Waals surface area contributed by atoms with Crippen LogP contribution in [0.3, 0.4) is 0 Å². The number of rotatable bonds is 6. The number of aryl methyl sites for hydroxylation is 1. The molecule has 1 atom stereocenters. The topological polar surface area (TPSA) is 62.2 Å². The van der Waals surface area contributed by atoms with Crippen molar-refractivity contribution >= 4 is 34.5 Å². The summed E-state index contributed by atoms with van der Waals surface area (Å²) >= 11 is 1.51. The molecule has 1 fully saturated rings. The largest absolute Gasteiger partial charge is 0.463 e. The monoisotopic (exact) mass is 487 g/mol. The molecule has 5 rings (SSSR count). The summed E-state index contributed by atoms with van der Waals surface area (Å²) in [4.78, 5) is 35.6. The number of likely N-dealkylation sites (tertiary alicyclic amines) is 1. The lowest BCUT2D eigenvalue weighted by Gasteiger charge is -2.37. The number of esters is 1. The third-order valence-electron chi connectivity index (χ3n) is 6.63. The van der Waals surface area contributed by atoms with Crippen LogP contribution in [0.2, 0.25) is 0 Å². The maximum absolute atomic E-state index is 13.5. The van der Waals surface area contributed by atoms with E-state index < -0.39 is 6.04 Å². The van der Waals surface area contributed by atoms with Gasteiger partial charge in [-0.2, -0.15) is 0 Å². The summed E-state index contributed by atoms with van der Waals surface area (Å²) < 4.78 is 5.58. The van der Waals surface area contributed by atoms with Crippen molar-refractivity contribution in [2.45, 2.75) is 39.2 Å². The summed E-state index contributed by atoms with van der Waals surface area (Å²) in [6.45, 7) is 5.76. The first-order valence-corrected chi connectivity index (χ1v) is 13.0. The van der Waals surface area contributed by atoms with E-state index >= 15 is 0 Å². The number of amides is 1. The summed E-state index contributed by atoms with van der Waals surface area (Å²) in [5, 5.41) is 2.78. The summed E-state index contributed by atoms with van der Waals surface area (Å²) in [5.74, 6) is -0.265. The fraction of sp³-hybridized carbons (Fsp3) is 0.321. The highest BCUT2D eigenvalue weighted by atomic mass is 32.2. The van der Waals surface area contributed by atoms with Gasteiger partial charge in [0.05, 0.1) is 30.3 Å². The maximum Gasteiger partial charge on any atom is 0.338 e. The number of fused-ring (bicyclic) bond motifs is 1. The van der Waals surface area contributed by atoms with E-state index in [-0.39, 0.29) is 24.9 Å². The highest BCUT2D eigenvalue weighted by molar-refractivity contribution is 8.16. The molecule has 6 nitrogen and oxygen atoms in total. The van der Waals surface area contributed by atoms with E-state index in [0.29, 0.717) is 11.3 Å². The van der Waals surface area contributed by atoms with E-state index in [9.17, 15) is 9.59 Å². The Balaban J connectivity index is 1.64. The Morgan fingerprint density at radius 3 is 2.49 bits per heavy atom. The zero-order valence-corrected chi connectivity index (χ0v) is 20.9. The molecule has 0 bridgehead atoms. The van der Waals surface area contributed by atoms with Crippen LogP contribution in [0.25, 0.3) is 5.70 Å². The van der Waals surface area contributed by atoms with Gasteiger partial charge in [-0.3, -0.25) is 4.79 Å². The predicted octanol–water partition coefficient (Wildman–Crippen LogP) is 5.28. The fourth-order valence-corrected chi connectivity index (χ4v) is 5.83. The number of benzene rings is 2. The summed E-state index contributed by atoms with van der Waals surface area (Å²) in [5.41, 5.74) is 4.92. The van der Waals surface area contributed by atoms with Gasteiger partial charge in [-0.25, -0.2) is 9.79 Å². The molecule has 7 heteroatoms. The summed E-state index contributed by atoms with van der Waals surface area (Å²) in [7, 11) is 0. The Morgan fingerprint density at radius 1 is 1.06 bits per heavy atom. The van der Waals surface area contributed by atoms with Gasteiger partial charge in [-0.15, -0.1) is 0 Å². The predicted molar refractivity (Wildman–Crippen MR) is 139 cm³/mol. The molecule has 1 saturated heterocycles. The first kappa shape index (κ1) is 23.4. The van der Waals surface area contributed by atoms with Gasteiger partial charge in [0.15, 0.2) is 5.17 Å². The highest BCUT2D eigenvalue weighted by Gasteiger charge is 2.43. The first-order chi connectivity index (χ1) is 17.1. The smallest absolute Gasteiger partial charge is 0.338 e. The Bertz CT molecular complexity index is 1230. The number of amidine groups is 1. The van der Waals surface area contributed by atoms with Crippen LogP contribution in [-0.2, 0) is 14.3 Å². The fourth-order valence-electron chi connectivity index (χ4n) is 4.91. The van der Waals surface area contributed by atoms with E-state index in [1.807, 2.05) is 78.8 Å². The molecular formula is C28H29N3O3S. The SMILES string of the molecule is CCOC(=O)C1=C(c2ccccc2)N=C2SC=C(CC(=O)N3CCCC3)N2C1c1ccccc1C. The lowest BCUT2D eigenvalue weighted by atomic mass is 9.89. The number of hydrogen-bond donors (Lipinski definition) is 0. The van der Waals surface area contributed by atoms with Gasteiger partial charge in [0.1, 0.15) is 0 Å². The van der Waals surface area contributed by atoms with Crippen molar-refractivity contribution in [1.82, 2.24) is 9.80 Å². The molecule has 35 heavy (non-hydrogen) atoms. The molecule has 0 aliphatic carbocycles. The molecule has 2 aromatic rings. The van der Waals surface area contributed by atoms with Gasteiger partial charge >= 0.3 is 5.97 Å². The van der Waals surface area contributed by atoms with E-state index in [2.05, 4.69) is 4.90 Å². The molecule has 3 heterocycles. The van der Waals surface area contributed by atoms with Crippen LogP contribution in [0, 0.1) is 6.92 Å². The van der Waals surface area contributed by atoms with Crippen molar-refractivity contribution in [3.63, 3.8) is 0 Å². The third-order valence-corrected chi connectivity index (χ3v) is 7.52. The molecule has 180 valence electrons. The molecule has 3 aliphatic heterocycles. The zero-order valence-electron chi connectivity index (χ0n) is 20.1. The number of carbonyl (C=O) groups excluding carboxylic acids is 2. The lowest BCUT2D eigenvalue weighted by molar-refractivity contribution is -0.139. The van der Waals surface area contributed by atoms with Crippen LogP contribution in [0.1, 0.15) is 48.9 Å². The van der Waals surface area contributed by atoms with Crippen molar-refractivity contribution in [3.05, 3.63) is 88.0 Å². The van der Waals surface area contributed by atoms with Gasteiger partial charge in [-0.1, -0.05) is 66.4 Å². The van der Waals surface area contributed by atoms with E-state index in [1.165, 1.54) is 11.8 Å². The summed E-state index contributed by atoms with van der Waals surface area (Å²) in [6.07, 6.45) is 2.39. The number of nitrogens with zero attached hydrogens (tertiary/aromatic N) is 3. The van der Waals surface area contributed by atoms with Crippen LogP contribution in [0.4, 0.5) is 0 Å². The van der Waals surface area contributed by atoms with Gasteiger partial charge in [0.2, 0.25) is 5.91 Å². The van der Waals surface area contributed by atoms with Crippen molar-refractivity contribution < 1.29 is 14.3 Å². The first-order valence-electron chi connectivity index (χ1n) is 12.1. The molecule has 0 spiro atoms. The summed E-state index contributed by atoms with van der Waals surface area (Å²) in [6, 6.07) is 17.4.